The molecular formula is C24H24ClFN4O2S2. The van der Waals surface area contributed by atoms with E-state index in [1.807, 2.05) is 0 Å². The van der Waals surface area contributed by atoms with Gasteiger partial charge in [0.1, 0.15) is 18.2 Å². The summed E-state index contributed by atoms with van der Waals surface area (Å²) >= 11 is 12.9. The third-order valence-electron chi connectivity index (χ3n) is 5.64. The van der Waals surface area contributed by atoms with Crippen LogP contribution in [0.25, 0.3) is 11.1 Å². The van der Waals surface area contributed by atoms with Crippen molar-refractivity contribution in [3.8, 4) is 11.1 Å². The number of benzene rings is 2. The van der Waals surface area contributed by atoms with Gasteiger partial charge in [-0.25, -0.2) is 9.37 Å². The van der Waals surface area contributed by atoms with Gasteiger partial charge in [0, 0.05) is 47.8 Å². The first-order chi connectivity index (χ1) is 16.4. The number of carbonyl (C=O) groups is 1. The third-order valence-corrected chi connectivity index (χ3v) is 7.30. The van der Waals surface area contributed by atoms with E-state index < -0.39 is 0 Å². The first-order valence-corrected chi connectivity index (χ1v) is 12.4. The van der Waals surface area contributed by atoms with Crippen molar-refractivity contribution in [2.45, 2.75) is 18.8 Å². The summed E-state index contributed by atoms with van der Waals surface area (Å²) in [6, 6.07) is 11.3. The van der Waals surface area contributed by atoms with E-state index in [4.69, 9.17) is 28.6 Å². The van der Waals surface area contributed by atoms with Crippen molar-refractivity contribution in [1.82, 2.24) is 15.2 Å². The number of piperidine rings is 1. The van der Waals surface area contributed by atoms with Crippen LogP contribution in [0.15, 0.2) is 47.8 Å². The molecule has 10 heteroatoms. The van der Waals surface area contributed by atoms with E-state index in [0.29, 0.717) is 33.8 Å². The summed E-state index contributed by atoms with van der Waals surface area (Å²) in [5.74, 6) is -0.433. The summed E-state index contributed by atoms with van der Waals surface area (Å²) in [6.07, 6.45) is 1.81. The van der Waals surface area contributed by atoms with E-state index in [9.17, 15) is 9.18 Å². The molecule has 178 valence electrons. The normalized spacial score (nSPS) is 14.1. The van der Waals surface area contributed by atoms with Gasteiger partial charge in [0.25, 0.3) is 5.91 Å². The Bertz CT molecular complexity index is 1160. The van der Waals surface area contributed by atoms with Gasteiger partial charge in [0.15, 0.2) is 5.11 Å². The van der Waals surface area contributed by atoms with Crippen molar-refractivity contribution >= 4 is 51.9 Å². The lowest BCUT2D eigenvalue weighted by Crippen LogP contribution is -2.44. The van der Waals surface area contributed by atoms with Crippen LogP contribution in [0.1, 0.15) is 34.3 Å². The van der Waals surface area contributed by atoms with E-state index in [1.165, 1.54) is 23.5 Å². The number of halogens is 2. The number of hydrogen-bond donors (Lipinski definition) is 2. The zero-order valence-corrected chi connectivity index (χ0v) is 20.9. The second kappa shape index (κ2) is 11.2. The van der Waals surface area contributed by atoms with E-state index in [2.05, 4.69) is 20.5 Å². The van der Waals surface area contributed by atoms with Crippen LogP contribution in [0.5, 0.6) is 0 Å². The lowest BCUT2D eigenvalue weighted by molar-refractivity contribution is 0.102. The molecule has 0 spiro atoms. The molecule has 1 aliphatic heterocycles. The van der Waals surface area contributed by atoms with Gasteiger partial charge in [0.05, 0.1) is 5.01 Å². The summed E-state index contributed by atoms with van der Waals surface area (Å²) in [5.41, 5.74) is 2.19. The van der Waals surface area contributed by atoms with Crippen molar-refractivity contribution in [3.63, 3.8) is 0 Å². The zero-order chi connectivity index (χ0) is 24.1. The number of anilines is 1. The number of ether oxygens (including phenoxy) is 1. The molecule has 0 bridgehead atoms. The van der Waals surface area contributed by atoms with Gasteiger partial charge < -0.3 is 20.3 Å². The van der Waals surface area contributed by atoms with Crippen LogP contribution in [-0.2, 0) is 4.74 Å². The molecule has 0 atom stereocenters. The molecule has 1 amide bonds. The molecule has 0 saturated carbocycles. The Kier molecular flexibility index (Phi) is 8.10. The first kappa shape index (κ1) is 24.5. The number of likely N-dealkylation sites (tertiary alicyclic amines) is 1. The van der Waals surface area contributed by atoms with Gasteiger partial charge in [-0.3, -0.25) is 4.79 Å². The minimum absolute atomic E-state index is 0.281. The number of rotatable bonds is 6. The maximum Gasteiger partial charge on any atom is 0.275 e. The molecule has 2 N–H and O–H groups in total. The molecule has 4 rings (SSSR count). The molecular weight excluding hydrogens is 495 g/mol. The summed E-state index contributed by atoms with van der Waals surface area (Å²) in [4.78, 5) is 19.7. The van der Waals surface area contributed by atoms with E-state index in [0.717, 1.165) is 36.5 Å². The number of methoxy groups -OCH3 is 1. The Morgan fingerprint density at radius 2 is 2.00 bits per heavy atom. The molecule has 0 unspecified atom stereocenters. The molecule has 2 heterocycles. The second-order valence-corrected chi connectivity index (χ2v) is 9.61. The highest BCUT2D eigenvalue weighted by Gasteiger charge is 2.25. The highest BCUT2D eigenvalue weighted by molar-refractivity contribution is 7.80. The quantitative estimate of drug-likeness (QED) is 0.331. The van der Waals surface area contributed by atoms with Crippen molar-refractivity contribution < 1.29 is 13.9 Å². The molecule has 1 fully saturated rings. The average molecular weight is 519 g/mol. The summed E-state index contributed by atoms with van der Waals surface area (Å²) in [6.45, 7) is 2.03. The van der Waals surface area contributed by atoms with Crippen LogP contribution in [0, 0.1) is 5.82 Å². The number of nitrogens with zero attached hydrogens (tertiary/aromatic N) is 2. The van der Waals surface area contributed by atoms with Crippen LogP contribution in [0.2, 0.25) is 5.02 Å². The average Bonchev–Trinajstić information content (AvgIpc) is 3.35. The molecule has 2 aromatic carbocycles. The Balaban J connectivity index is 1.42. The zero-order valence-electron chi connectivity index (χ0n) is 18.5. The second-order valence-electron chi connectivity index (χ2n) is 7.90. The monoisotopic (exact) mass is 518 g/mol. The first-order valence-electron chi connectivity index (χ1n) is 10.8. The van der Waals surface area contributed by atoms with Crippen molar-refractivity contribution in [3.05, 3.63) is 69.4 Å². The predicted octanol–water partition coefficient (Wildman–Crippen LogP) is 5.51. The fourth-order valence-electron chi connectivity index (χ4n) is 3.83. The number of amides is 1. The summed E-state index contributed by atoms with van der Waals surface area (Å²) in [7, 11) is 1.62. The van der Waals surface area contributed by atoms with Crippen LogP contribution in [0.4, 0.5) is 10.1 Å². The Morgan fingerprint density at radius 3 is 2.71 bits per heavy atom. The maximum absolute atomic E-state index is 13.9. The van der Waals surface area contributed by atoms with Crippen molar-refractivity contribution in [1.29, 1.82) is 0 Å². The van der Waals surface area contributed by atoms with Crippen LogP contribution in [-0.4, -0.2) is 47.8 Å². The lowest BCUT2D eigenvalue weighted by Gasteiger charge is -2.33. The number of thiazole rings is 1. The van der Waals surface area contributed by atoms with Crippen LogP contribution >= 0.6 is 35.2 Å². The molecule has 1 aliphatic rings. The predicted molar refractivity (Wildman–Crippen MR) is 138 cm³/mol. The maximum atomic E-state index is 13.9. The molecule has 0 radical (unpaired) electrons. The SMILES string of the molecule is COCNC(=S)N1CCC(c2nc(C(=O)Nc3ccc(F)cc3-c3ccc(Cl)cc3)cs2)CC1. The van der Waals surface area contributed by atoms with Crippen LogP contribution in [0.3, 0.4) is 0 Å². The van der Waals surface area contributed by atoms with Gasteiger partial charge >= 0.3 is 0 Å². The van der Waals surface area contributed by atoms with Gasteiger partial charge in [0.2, 0.25) is 0 Å². The number of nitrogens with one attached hydrogen (secondary N) is 2. The van der Waals surface area contributed by atoms with Gasteiger partial charge in [-0.05, 0) is 61.0 Å². The van der Waals surface area contributed by atoms with Crippen molar-refractivity contribution in [2.24, 2.45) is 0 Å². The molecule has 0 aliphatic carbocycles. The van der Waals surface area contributed by atoms with E-state index in [1.54, 1.807) is 42.8 Å². The van der Waals surface area contributed by atoms with Crippen LogP contribution < -0.4 is 10.6 Å². The number of thiocarbonyl (C=S) groups is 1. The summed E-state index contributed by atoms with van der Waals surface area (Å²) < 4.78 is 19.0. The number of carbonyl (C=O) groups excluding carboxylic acids is 1. The molecule has 6 nitrogen and oxygen atoms in total. The number of aromatic nitrogens is 1. The Labute approximate surface area is 212 Å². The lowest BCUT2D eigenvalue weighted by atomic mass is 9.98. The van der Waals surface area contributed by atoms with Gasteiger partial charge in [-0.15, -0.1) is 11.3 Å². The van der Waals surface area contributed by atoms with Crippen molar-refractivity contribution in [2.75, 3.05) is 32.2 Å². The molecule has 3 aromatic rings. The minimum Gasteiger partial charge on any atom is -0.365 e. The smallest absolute Gasteiger partial charge is 0.275 e. The topological polar surface area (TPSA) is 66.5 Å². The minimum atomic E-state index is -0.387. The fourth-order valence-corrected chi connectivity index (χ4v) is 5.17. The fraction of sp³-hybridized carbons (Fsp3) is 0.292. The van der Waals surface area contributed by atoms with E-state index in [-0.39, 0.29) is 17.6 Å². The Hall–Kier alpha value is -2.59. The highest BCUT2D eigenvalue weighted by atomic mass is 35.5. The Morgan fingerprint density at radius 1 is 1.26 bits per heavy atom. The van der Waals surface area contributed by atoms with Gasteiger partial charge in [-0.2, -0.15) is 0 Å². The van der Waals surface area contributed by atoms with E-state index >= 15 is 0 Å². The van der Waals surface area contributed by atoms with Gasteiger partial charge in [-0.1, -0.05) is 23.7 Å². The highest BCUT2D eigenvalue weighted by Crippen LogP contribution is 2.32. The number of hydrogen-bond acceptors (Lipinski definition) is 5. The third kappa shape index (κ3) is 5.90. The largest absolute Gasteiger partial charge is 0.365 e. The standard InChI is InChI=1S/C24H24ClFN4O2S2/c1-32-14-27-24(33)30-10-8-16(9-11-30)23-29-21(13-34-23)22(31)28-20-7-6-18(26)12-19(20)15-2-4-17(25)5-3-15/h2-7,12-13,16H,8-11,14H2,1H3,(H,27,33)(H,28,31). The molecule has 1 saturated heterocycles. The molecule has 34 heavy (non-hydrogen) atoms. The molecule has 1 aromatic heterocycles. The summed E-state index contributed by atoms with van der Waals surface area (Å²) in [5, 5.41) is 9.93.